The van der Waals surface area contributed by atoms with Gasteiger partial charge >= 0.3 is 0 Å². The van der Waals surface area contributed by atoms with E-state index < -0.39 is 0 Å². The summed E-state index contributed by atoms with van der Waals surface area (Å²) in [6.45, 7) is 2.43. The number of carbonyl (C=O) groups excluding carboxylic acids is 1. The third-order valence-corrected chi connectivity index (χ3v) is 5.36. The Labute approximate surface area is 149 Å². The predicted octanol–water partition coefficient (Wildman–Crippen LogP) is 4.40. The molecule has 0 unspecified atom stereocenters. The largest absolute Gasteiger partial charge is 0.454 e. The van der Waals surface area contributed by atoms with Crippen molar-refractivity contribution in [3.8, 4) is 22.8 Å². The molecule has 1 aliphatic heterocycles. The van der Waals surface area contributed by atoms with E-state index in [1.165, 1.54) is 24.2 Å². The van der Waals surface area contributed by atoms with Gasteiger partial charge in [-0.25, -0.2) is 4.98 Å². The summed E-state index contributed by atoms with van der Waals surface area (Å²) >= 11 is 3.26. The second-order valence-electron chi connectivity index (χ2n) is 5.37. The van der Waals surface area contributed by atoms with Gasteiger partial charge in [0.1, 0.15) is 0 Å². The number of fused-ring (bicyclic) bond motifs is 1. The summed E-state index contributed by atoms with van der Waals surface area (Å²) in [5.74, 6) is 3.48. The molecule has 3 rings (SSSR count). The number of hydrogen-bond acceptors (Lipinski definition) is 6. The van der Waals surface area contributed by atoms with Crippen LogP contribution in [0.5, 0.6) is 11.5 Å². The molecular formula is C17H20N2O3S2. The van der Waals surface area contributed by atoms with Gasteiger partial charge in [0.2, 0.25) is 12.7 Å². The second-order valence-corrected chi connectivity index (χ2v) is 7.45. The molecule has 1 aromatic heterocycles. The van der Waals surface area contributed by atoms with Crippen molar-refractivity contribution in [3.05, 3.63) is 23.6 Å². The van der Waals surface area contributed by atoms with Gasteiger partial charge in [0, 0.05) is 23.1 Å². The highest BCUT2D eigenvalue weighted by atomic mass is 32.2. The van der Waals surface area contributed by atoms with Crippen LogP contribution in [0.2, 0.25) is 0 Å². The van der Waals surface area contributed by atoms with Crippen molar-refractivity contribution >= 4 is 34.1 Å². The molecular weight excluding hydrogens is 344 g/mol. The zero-order valence-corrected chi connectivity index (χ0v) is 15.2. The second kappa shape index (κ2) is 8.39. The molecule has 0 saturated carbocycles. The number of benzene rings is 1. The van der Waals surface area contributed by atoms with Crippen LogP contribution >= 0.6 is 23.1 Å². The van der Waals surface area contributed by atoms with Crippen LogP contribution in [0, 0.1) is 0 Å². The summed E-state index contributed by atoms with van der Waals surface area (Å²) in [6.07, 6.45) is 2.92. The minimum Gasteiger partial charge on any atom is -0.454 e. The monoisotopic (exact) mass is 364 g/mol. The number of ether oxygens (including phenoxy) is 2. The van der Waals surface area contributed by atoms with Crippen molar-refractivity contribution in [1.29, 1.82) is 0 Å². The number of aromatic nitrogens is 1. The minimum absolute atomic E-state index is 0.0191. The number of nitrogens with one attached hydrogen (secondary N) is 1. The molecule has 1 aliphatic rings. The molecule has 2 aromatic rings. The van der Waals surface area contributed by atoms with Crippen LogP contribution in [0.4, 0.5) is 5.13 Å². The van der Waals surface area contributed by atoms with E-state index in [1.54, 1.807) is 0 Å². The molecule has 2 heterocycles. The average Bonchev–Trinajstić information content (AvgIpc) is 3.22. The first-order valence-corrected chi connectivity index (χ1v) is 10.0. The standard InChI is InChI=1S/C17H20N2O3S2/c1-2-3-7-23-8-6-16(20)19-17-18-13(10-24-17)12-4-5-14-15(9-12)22-11-21-14/h4-5,9-10H,2-3,6-8,11H2,1H3,(H,18,19,20). The molecule has 7 heteroatoms. The fourth-order valence-corrected chi connectivity index (χ4v) is 3.98. The lowest BCUT2D eigenvalue weighted by molar-refractivity contribution is -0.115. The molecule has 128 valence electrons. The van der Waals surface area contributed by atoms with Gasteiger partial charge in [-0.2, -0.15) is 11.8 Å². The fourth-order valence-electron chi connectivity index (χ4n) is 2.21. The number of hydrogen-bond donors (Lipinski definition) is 1. The first-order valence-electron chi connectivity index (χ1n) is 7.99. The smallest absolute Gasteiger partial charge is 0.231 e. The first kappa shape index (κ1) is 17.1. The number of thiazole rings is 1. The van der Waals surface area contributed by atoms with Gasteiger partial charge in [-0.3, -0.25) is 4.79 Å². The van der Waals surface area contributed by atoms with Crippen molar-refractivity contribution in [2.24, 2.45) is 0 Å². The van der Waals surface area contributed by atoms with E-state index in [-0.39, 0.29) is 12.7 Å². The number of anilines is 1. The van der Waals surface area contributed by atoms with Crippen molar-refractivity contribution < 1.29 is 14.3 Å². The van der Waals surface area contributed by atoms with Gasteiger partial charge in [-0.1, -0.05) is 13.3 Å². The molecule has 0 saturated heterocycles. The molecule has 24 heavy (non-hydrogen) atoms. The van der Waals surface area contributed by atoms with Gasteiger partial charge < -0.3 is 14.8 Å². The summed E-state index contributed by atoms with van der Waals surface area (Å²) in [5, 5.41) is 5.44. The Kier molecular flexibility index (Phi) is 5.98. The summed E-state index contributed by atoms with van der Waals surface area (Å²) in [7, 11) is 0. The van der Waals surface area contributed by atoms with Crippen LogP contribution in [0.1, 0.15) is 26.2 Å². The Morgan fingerprint density at radius 1 is 1.33 bits per heavy atom. The molecule has 1 N–H and O–H groups in total. The van der Waals surface area contributed by atoms with Crippen molar-refractivity contribution in [1.82, 2.24) is 4.98 Å². The van der Waals surface area contributed by atoms with Crippen LogP contribution < -0.4 is 14.8 Å². The third kappa shape index (κ3) is 4.42. The Balaban J connectivity index is 1.53. The van der Waals surface area contributed by atoms with Crippen LogP contribution in [0.25, 0.3) is 11.3 Å². The normalized spacial score (nSPS) is 12.4. The molecule has 0 spiro atoms. The number of carbonyl (C=O) groups is 1. The fraction of sp³-hybridized carbons (Fsp3) is 0.412. The highest BCUT2D eigenvalue weighted by Crippen LogP contribution is 2.36. The Morgan fingerprint density at radius 2 is 2.21 bits per heavy atom. The molecule has 1 amide bonds. The van der Waals surface area contributed by atoms with Crippen LogP contribution in [-0.2, 0) is 4.79 Å². The zero-order chi connectivity index (χ0) is 16.8. The maximum atomic E-state index is 11.9. The topological polar surface area (TPSA) is 60.5 Å². The molecule has 1 aromatic carbocycles. The van der Waals surface area contributed by atoms with Crippen LogP contribution in [-0.4, -0.2) is 29.2 Å². The van der Waals surface area contributed by atoms with E-state index in [0.717, 1.165) is 34.3 Å². The lowest BCUT2D eigenvalue weighted by Crippen LogP contribution is -2.12. The molecule has 0 aliphatic carbocycles. The van der Waals surface area contributed by atoms with E-state index in [4.69, 9.17) is 9.47 Å². The Bertz CT molecular complexity index is 703. The van der Waals surface area contributed by atoms with E-state index >= 15 is 0 Å². The predicted molar refractivity (Wildman–Crippen MR) is 99.2 cm³/mol. The summed E-state index contributed by atoms with van der Waals surface area (Å²) in [5.41, 5.74) is 1.78. The van der Waals surface area contributed by atoms with Crippen molar-refractivity contribution in [2.75, 3.05) is 23.6 Å². The molecule has 0 bridgehead atoms. The van der Waals surface area contributed by atoms with Gasteiger partial charge in [0.05, 0.1) is 5.69 Å². The highest BCUT2D eigenvalue weighted by Gasteiger charge is 2.15. The average molecular weight is 364 g/mol. The molecule has 5 nitrogen and oxygen atoms in total. The van der Waals surface area contributed by atoms with Gasteiger partial charge in [0.25, 0.3) is 0 Å². The number of amides is 1. The lowest BCUT2D eigenvalue weighted by atomic mass is 10.1. The van der Waals surface area contributed by atoms with Gasteiger partial charge in [-0.15, -0.1) is 11.3 Å². The van der Waals surface area contributed by atoms with Gasteiger partial charge in [-0.05, 0) is 30.4 Å². The zero-order valence-electron chi connectivity index (χ0n) is 13.5. The minimum atomic E-state index is 0.0191. The molecule has 0 radical (unpaired) electrons. The number of nitrogens with zero attached hydrogens (tertiary/aromatic N) is 1. The quantitative estimate of drug-likeness (QED) is 0.704. The Hall–Kier alpha value is -1.73. The van der Waals surface area contributed by atoms with Gasteiger partial charge in [0.15, 0.2) is 16.6 Å². The van der Waals surface area contributed by atoms with Crippen molar-refractivity contribution in [3.63, 3.8) is 0 Å². The number of unbranched alkanes of at least 4 members (excludes halogenated alkanes) is 1. The maximum absolute atomic E-state index is 11.9. The first-order chi connectivity index (χ1) is 11.8. The lowest BCUT2D eigenvalue weighted by Gasteiger charge is -2.02. The summed E-state index contributed by atoms with van der Waals surface area (Å²) in [4.78, 5) is 16.4. The molecule has 0 atom stereocenters. The number of thioether (sulfide) groups is 1. The summed E-state index contributed by atoms with van der Waals surface area (Å²) in [6, 6.07) is 5.73. The number of rotatable bonds is 8. The molecule has 0 fully saturated rings. The van der Waals surface area contributed by atoms with E-state index in [0.29, 0.717) is 11.6 Å². The summed E-state index contributed by atoms with van der Waals surface area (Å²) < 4.78 is 10.7. The van der Waals surface area contributed by atoms with E-state index in [1.807, 2.05) is 35.3 Å². The SMILES string of the molecule is CCCCSCCC(=O)Nc1nc(-c2ccc3c(c2)OCO3)cs1. The van der Waals surface area contributed by atoms with E-state index in [9.17, 15) is 4.79 Å². The Morgan fingerprint density at radius 3 is 3.08 bits per heavy atom. The maximum Gasteiger partial charge on any atom is 0.231 e. The van der Waals surface area contributed by atoms with Crippen molar-refractivity contribution in [2.45, 2.75) is 26.2 Å². The van der Waals surface area contributed by atoms with Crippen LogP contribution in [0.15, 0.2) is 23.6 Å². The third-order valence-electron chi connectivity index (χ3n) is 3.53. The highest BCUT2D eigenvalue weighted by molar-refractivity contribution is 7.99. The van der Waals surface area contributed by atoms with Crippen LogP contribution in [0.3, 0.4) is 0 Å². The van der Waals surface area contributed by atoms with E-state index in [2.05, 4.69) is 17.2 Å².